The summed E-state index contributed by atoms with van der Waals surface area (Å²) in [6.07, 6.45) is 8.08. The number of benzene rings is 3. The minimum absolute atomic E-state index is 0.155. The van der Waals surface area contributed by atoms with Crippen LogP contribution in [0.5, 0.6) is 17.5 Å². The van der Waals surface area contributed by atoms with E-state index in [4.69, 9.17) is 26.3 Å². The standard InChI is InChI=1S/C51H64ClN9O4/c1-5-47(64)61-25-24-60(31-37(61)12-18-53)49-40-13-19-59(44-11-7-9-35-8-6-10-42(52)48(35)44)32-43(40)54-50(55-49)65-33-39-27-38(30-56(39)4)58-22-16-51(17-23-58)14-20-57(21-15-51)29-36-26-41(34(2)3)46(63)28-45(36)62/h5-11,26,28,34,37-39,62-63H,1,12-17,19-25,27,29-33H2,2-4H3/t37-,38-,39-/m0/s1. The van der Waals surface area contributed by atoms with Gasteiger partial charge < -0.3 is 29.6 Å². The molecule has 4 fully saturated rings. The number of phenolic OH excluding ortho intramolecular Hbond substituents is 2. The van der Waals surface area contributed by atoms with Gasteiger partial charge >= 0.3 is 6.01 Å². The molecule has 6 heterocycles. The maximum Gasteiger partial charge on any atom is 0.318 e. The van der Waals surface area contributed by atoms with Crippen molar-refractivity contribution in [3.05, 3.63) is 88.6 Å². The minimum atomic E-state index is -0.279. The number of hydrogen-bond donors (Lipinski definition) is 2. The van der Waals surface area contributed by atoms with Gasteiger partial charge in [-0.2, -0.15) is 15.2 Å². The fraction of sp³-hybridized carbons (Fsp3) is 0.529. The average Bonchev–Trinajstić information content (AvgIpc) is 3.69. The average molecular weight is 903 g/mol. The smallest absolute Gasteiger partial charge is 0.318 e. The van der Waals surface area contributed by atoms with Gasteiger partial charge in [-0.05, 0) is 118 Å². The first-order valence-corrected chi connectivity index (χ1v) is 24.0. The summed E-state index contributed by atoms with van der Waals surface area (Å²) in [5, 5.41) is 33.6. The van der Waals surface area contributed by atoms with Crippen LogP contribution in [0.4, 0.5) is 11.5 Å². The normalized spacial score (nSPS) is 23.0. The van der Waals surface area contributed by atoms with Crippen LogP contribution in [0.3, 0.4) is 0 Å². The molecule has 5 aliphatic heterocycles. The summed E-state index contributed by atoms with van der Waals surface area (Å²) in [5.74, 6) is 1.22. The molecule has 0 saturated carbocycles. The van der Waals surface area contributed by atoms with Crippen LogP contribution in [0.25, 0.3) is 10.8 Å². The maximum absolute atomic E-state index is 12.8. The number of amides is 1. The van der Waals surface area contributed by atoms with Gasteiger partial charge in [-0.25, -0.2) is 0 Å². The van der Waals surface area contributed by atoms with E-state index >= 15 is 0 Å². The van der Waals surface area contributed by atoms with Crippen molar-refractivity contribution in [2.24, 2.45) is 5.41 Å². The van der Waals surface area contributed by atoms with Crippen LogP contribution in [0.15, 0.2) is 61.2 Å². The Kier molecular flexibility index (Phi) is 13.2. The maximum atomic E-state index is 12.8. The Morgan fingerprint density at radius 1 is 0.969 bits per heavy atom. The van der Waals surface area contributed by atoms with Crippen LogP contribution in [0.1, 0.15) is 80.7 Å². The summed E-state index contributed by atoms with van der Waals surface area (Å²) in [5.41, 5.74) is 5.24. The number of fused-ring (bicyclic) bond motifs is 2. The molecule has 3 atom stereocenters. The highest BCUT2D eigenvalue weighted by molar-refractivity contribution is 6.36. The highest BCUT2D eigenvalue weighted by atomic mass is 35.5. The molecule has 9 rings (SSSR count). The second kappa shape index (κ2) is 19.0. The van der Waals surface area contributed by atoms with Crippen molar-refractivity contribution in [2.75, 3.05) is 82.4 Å². The third-order valence-electron chi connectivity index (χ3n) is 15.4. The summed E-state index contributed by atoms with van der Waals surface area (Å²) in [4.78, 5) is 37.0. The number of anilines is 2. The minimum Gasteiger partial charge on any atom is -0.508 e. The SMILES string of the molecule is C=CC(=O)N1CCN(c2nc(OC[C@@H]3C[C@H](N4CCC5(CCN(Cc6cc(C(C)C)c(O)cc6O)CC5)CC4)CN3C)nc3c2CCN(c2cccc4cccc(Cl)c24)C3)C[C@@H]1CC#N. The van der Waals surface area contributed by atoms with Crippen LogP contribution in [-0.4, -0.2) is 136 Å². The van der Waals surface area contributed by atoms with Crippen molar-refractivity contribution >= 4 is 39.8 Å². The number of likely N-dealkylation sites (N-methyl/N-ethyl adjacent to an activating group) is 1. The van der Waals surface area contributed by atoms with E-state index in [-0.39, 0.29) is 41.8 Å². The number of carbonyl (C=O) groups excluding carboxylic acids is 1. The van der Waals surface area contributed by atoms with Gasteiger partial charge in [0.05, 0.1) is 35.8 Å². The third kappa shape index (κ3) is 9.33. The topological polar surface area (TPSA) is 136 Å². The molecule has 0 unspecified atom stereocenters. The summed E-state index contributed by atoms with van der Waals surface area (Å²) in [6.45, 7) is 17.2. The van der Waals surface area contributed by atoms with Crippen LogP contribution in [-0.2, 0) is 24.3 Å². The third-order valence-corrected chi connectivity index (χ3v) is 15.7. The van der Waals surface area contributed by atoms with Gasteiger partial charge in [-0.1, -0.05) is 56.3 Å². The van der Waals surface area contributed by atoms with Crippen molar-refractivity contribution in [3.63, 3.8) is 0 Å². The number of aromatic hydroxyl groups is 2. The van der Waals surface area contributed by atoms with E-state index in [0.717, 1.165) is 102 Å². The molecule has 3 aromatic carbocycles. The first-order valence-electron chi connectivity index (χ1n) is 23.6. The number of hydrogen-bond acceptors (Lipinski definition) is 12. The predicted molar refractivity (Wildman–Crippen MR) is 256 cm³/mol. The molecule has 0 aliphatic carbocycles. The lowest BCUT2D eigenvalue weighted by atomic mass is 9.71. The molecule has 344 valence electrons. The molecule has 1 aromatic heterocycles. The number of phenols is 2. The fourth-order valence-electron chi connectivity index (χ4n) is 11.4. The Hall–Kier alpha value is -5.13. The van der Waals surface area contributed by atoms with Gasteiger partial charge in [-0.3, -0.25) is 19.5 Å². The van der Waals surface area contributed by atoms with Crippen LogP contribution in [0, 0.1) is 16.7 Å². The Morgan fingerprint density at radius 2 is 1.72 bits per heavy atom. The number of piperidine rings is 2. The second-order valence-corrected chi connectivity index (χ2v) is 19.9. The fourth-order valence-corrected chi connectivity index (χ4v) is 11.7. The van der Waals surface area contributed by atoms with Gasteiger partial charge in [0.15, 0.2) is 0 Å². The number of piperazine rings is 1. The highest BCUT2D eigenvalue weighted by Crippen LogP contribution is 2.44. The van der Waals surface area contributed by atoms with E-state index < -0.39 is 0 Å². The zero-order chi connectivity index (χ0) is 45.4. The number of aromatic nitrogens is 2. The van der Waals surface area contributed by atoms with Gasteiger partial charge in [0.2, 0.25) is 5.91 Å². The zero-order valence-electron chi connectivity index (χ0n) is 38.3. The summed E-state index contributed by atoms with van der Waals surface area (Å²) in [6, 6.07) is 18.9. The molecule has 4 saturated heterocycles. The molecule has 65 heavy (non-hydrogen) atoms. The van der Waals surface area contributed by atoms with Gasteiger partial charge in [0, 0.05) is 79.6 Å². The molecular weight excluding hydrogens is 838 g/mol. The Balaban J connectivity index is 0.859. The van der Waals surface area contributed by atoms with E-state index in [9.17, 15) is 20.3 Å². The Morgan fingerprint density at radius 3 is 2.46 bits per heavy atom. The lowest BCUT2D eigenvalue weighted by Gasteiger charge is -2.48. The van der Waals surface area contributed by atoms with Crippen LogP contribution < -0.4 is 14.5 Å². The molecule has 2 N–H and O–H groups in total. The monoisotopic (exact) mass is 901 g/mol. The van der Waals surface area contributed by atoms with E-state index in [1.165, 1.54) is 37.8 Å². The lowest BCUT2D eigenvalue weighted by Crippen LogP contribution is -2.55. The van der Waals surface area contributed by atoms with E-state index in [1.807, 2.05) is 18.2 Å². The summed E-state index contributed by atoms with van der Waals surface area (Å²) >= 11 is 6.82. The number of nitriles is 1. The molecule has 14 heteroatoms. The first kappa shape index (κ1) is 45.0. The van der Waals surface area contributed by atoms with Crippen molar-refractivity contribution < 1.29 is 19.7 Å². The highest BCUT2D eigenvalue weighted by Gasteiger charge is 2.42. The number of rotatable bonds is 11. The molecule has 4 aromatic rings. The Bertz CT molecular complexity index is 2440. The second-order valence-electron chi connectivity index (χ2n) is 19.5. The van der Waals surface area contributed by atoms with E-state index in [2.05, 4.69) is 82.3 Å². The number of carbonyl (C=O) groups is 1. The molecular formula is C51H64ClN9O4. The molecule has 13 nitrogen and oxygen atoms in total. The summed E-state index contributed by atoms with van der Waals surface area (Å²) < 4.78 is 6.64. The van der Waals surface area contributed by atoms with Gasteiger partial charge in [0.1, 0.15) is 23.9 Å². The Labute approximate surface area is 388 Å². The lowest BCUT2D eigenvalue weighted by molar-refractivity contribution is -0.128. The number of likely N-dealkylation sites (tertiary alicyclic amines) is 3. The summed E-state index contributed by atoms with van der Waals surface area (Å²) in [7, 11) is 2.21. The van der Waals surface area contributed by atoms with Gasteiger partial charge in [0.25, 0.3) is 0 Å². The van der Waals surface area contributed by atoms with E-state index in [0.29, 0.717) is 56.8 Å². The predicted octanol–water partition coefficient (Wildman–Crippen LogP) is 7.33. The number of ether oxygens (including phenoxy) is 1. The van der Waals surface area contributed by atoms with Gasteiger partial charge in [-0.15, -0.1) is 0 Å². The van der Waals surface area contributed by atoms with Crippen LogP contribution in [0.2, 0.25) is 5.02 Å². The molecule has 0 radical (unpaired) electrons. The van der Waals surface area contributed by atoms with Crippen molar-refractivity contribution in [1.82, 2.24) is 29.6 Å². The largest absolute Gasteiger partial charge is 0.508 e. The first-order chi connectivity index (χ1) is 31.4. The molecule has 0 bridgehead atoms. The van der Waals surface area contributed by atoms with Crippen molar-refractivity contribution in [3.8, 4) is 23.6 Å². The number of halogens is 1. The molecule has 1 spiro atoms. The van der Waals surface area contributed by atoms with Crippen LogP contribution >= 0.6 is 11.6 Å². The zero-order valence-corrected chi connectivity index (χ0v) is 39.0. The molecule has 1 amide bonds. The van der Waals surface area contributed by atoms with Crippen molar-refractivity contribution in [2.45, 2.75) is 95.9 Å². The van der Waals surface area contributed by atoms with E-state index in [1.54, 1.807) is 4.90 Å². The molecule has 5 aliphatic rings. The quantitative estimate of drug-likeness (QED) is 0.146. The van der Waals surface area contributed by atoms with Crippen molar-refractivity contribution in [1.29, 1.82) is 5.26 Å². The number of nitrogens with zero attached hydrogens (tertiary/aromatic N) is 9.